The summed E-state index contributed by atoms with van der Waals surface area (Å²) in [4.78, 5) is 46.1. The normalized spacial score (nSPS) is 21.9. The zero-order valence-electron chi connectivity index (χ0n) is 19.2. The minimum Gasteiger partial charge on any atom is -0.465 e. The summed E-state index contributed by atoms with van der Waals surface area (Å²) in [7, 11) is 0. The Balaban J connectivity index is 1.40. The summed E-state index contributed by atoms with van der Waals surface area (Å²) in [5, 5.41) is 0. The number of hydrogen-bond donors (Lipinski definition) is 3. The van der Waals surface area contributed by atoms with Gasteiger partial charge in [0.15, 0.2) is 11.2 Å². The van der Waals surface area contributed by atoms with Crippen LogP contribution in [0.3, 0.4) is 0 Å². The largest absolute Gasteiger partial charge is 0.465 e. The van der Waals surface area contributed by atoms with Gasteiger partial charge in [0, 0.05) is 12.8 Å². The van der Waals surface area contributed by atoms with Gasteiger partial charge in [0.2, 0.25) is 5.95 Å². The minimum atomic E-state index is -1.39. The molecule has 5 N–H and O–H groups in total. The van der Waals surface area contributed by atoms with Crippen LogP contribution < -0.4 is 17.0 Å². The third kappa shape index (κ3) is 6.08. The summed E-state index contributed by atoms with van der Waals surface area (Å²) in [6, 6.07) is -0.659. The van der Waals surface area contributed by atoms with Gasteiger partial charge in [-0.25, -0.2) is 9.37 Å². The molecule has 12 nitrogen and oxygen atoms in total. The number of unbranched alkanes of at least 4 members (excludes halogenated alkanes) is 1. The number of ether oxygens (including phenoxy) is 3. The molecule has 0 amide bonds. The van der Waals surface area contributed by atoms with Crippen LogP contribution in [0.25, 0.3) is 11.2 Å². The fraction of sp³-hybridized carbons (Fsp3) is 0.667. The van der Waals surface area contributed by atoms with Crippen LogP contribution in [-0.4, -0.2) is 63.0 Å². The second-order valence-electron chi connectivity index (χ2n) is 8.38. The van der Waals surface area contributed by atoms with Crippen LogP contribution in [0.15, 0.2) is 11.1 Å². The SMILES string of the molecule is CC[C@H](C)[C@H](N)C(=O)OCCCCC(=O)OC[C@H]1O[C@@H](n2cnc3c(=O)[nH]c(N)nc32)CC1F. The summed E-state index contributed by atoms with van der Waals surface area (Å²) in [5.41, 5.74) is 11.1. The second kappa shape index (κ2) is 11.4. The first-order valence-corrected chi connectivity index (χ1v) is 11.3. The van der Waals surface area contributed by atoms with Crippen molar-refractivity contribution in [1.82, 2.24) is 19.5 Å². The van der Waals surface area contributed by atoms with Crippen LogP contribution in [0.4, 0.5) is 10.3 Å². The molecule has 1 unspecified atom stereocenters. The topological polar surface area (TPSA) is 177 Å². The standard InChI is InChI=1S/C21H31FN6O6/c1-3-11(2)16(23)20(31)32-7-5-4-6-15(29)33-9-13-12(22)8-14(34-13)28-10-25-17-18(28)26-21(24)27-19(17)30/h10-14,16H,3-9,23H2,1-2H3,(H3,24,26,27,30)/t11-,12?,13+,14+,16-/m0/s1. The van der Waals surface area contributed by atoms with Crippen molar-refractivity contribution in [3.8, 4) is 0 Å². The molecule has 13 heteroatoms. The first-order chi connectivity index (χ1) is 16.2. The monoisotopic (exact) mass is 482 g/mol. The molecule has 2 aromatic rings. The number of H-pyrrole nitrogens is 1. The van der Waals surface area contributed by atoms with Crippen LogP contribution in [0.1, 0.15) is 52.2 Å². The van der Waals surface area contributed by atoms with Crippen LogP contribution in [0, 0.1) is 5.92 Å². The first kappa shape index (κ1) is 25.6. The number of fused-ring (bicyclic) bond motifs is 1. The minimum absolute atomic E-state index is 0.0216. The zero-order chi connectivity index (χ0) is 24.8. The summed E-state index contributed by atoms with van der Waals surface area (Å²) >= 11 is 0. The van der Waals surface area contributed by atoms with Crippen molar-refractivity contribution in [2.75, 3.05) is 18.9 Å². The number of esters is 2. The van der Waals surface area contributed by atoms with Gasteiger partial charge < -0.3 is 25.7 Å². The highest BCUT2D eigenvalue weighted by Gasteiger charge is 2.38. The highest BCUT2D eigenvalue weighted by Crippen LogP contribution is 2.32. The Labute approximate surface area is 195 Å². The molecule has 3 rings (SSSR count). The van der Waals surface area contributed by atoms with Crippen molar-refractivity contribution in [2.24, 2.45) is 11.7 Å². The fourth-order valence-corrected chi connectivity index (χ4v) is 3.54. The summed E-state index contributed by atoms with van der Waals surface area (Å²) < 4.78 is 31.9. The van der Waals surface area contributed by atoms with E-state index in [1.54, 1.807) is 0 Å². The predicted molar refractivity (Wildman–Crippen MR) is 119 cm³/mol. The smallest absolute Gasteiger partial charge is 0.323 e. The molecule has 1 aliphatic heterocycles. The Morgan fingerprint density at radius 3 is 2.88 bits per heavy atom. The van der Waals surface area contributed by atoms with Crippen LogP contribution in [-0.2, 0) is 23.8 Å². The van der Waals surface area contributed by atoms with E-state index in [2.05, 4.69) is 15.0 Å². The molecule has 0 spiro atoms. The van der Waals surface area contributed by atoms with E-state index in [-0.39, 0.29) is 49.1 Å². The van der Waals surface area contributed by atoms with Gasteiger partial charge in [-0.2, -0.15) is 4.98 Å². The van der Waals surface area contributed by atoms with E-state index in [0.717, 1.165) is 6.42 Å². The number of carbonyl (C=O) groups is 2. The number of rotatable bonds is 11. The molecule has 0 bridgehead atoms. The number of aromatic nitrogens is 4. The summed E-state index contributed by atoms with van der Waals surface area (Å²) in [6.45, 7) is 3.74. The van der Waals surface area contributed by atoms with Gasteiger partial charge in [0.05, 0.1) is 12.9 Å². The number of alkyl halides is 1. The molecule has 1 saturated heterocycles. The Kier molecular flexibility index (Phi) is 8.56. The lowest BCUT2D eigenvalue weighted by molar-refractivity contribution is -0.149. The van der Waals surface area contributed by atoms with Crippen LogP contribution in [0.2, 0.25) is 0 Å². The molecule has 0 saturated carbocycles. The van der Waals surface area contributed by atoms with E-state index in [4.69, 9.17) is 25.7 Å². The fourth-order valence-electron chi connectivity index (χ4n) is 3.54. The molecule has 1 fully saturated rings. The van der Waals surface area contributed by atoms with Crippen molar-refractivity contribution in [1.29, 1.82) is 0 Å². The zero-order valence-corrected chi connectivity index (χ0v) is 19.2. The number of aromatic amines is 1. The number of nitrogens with one attached hydrogen (secondary N) is 1. The molecule has 0 aromatic carbocycles. The van der Waals surface area contributed by atoms with Crippen molar-refractivity contribution >= 4 is 29.1 Å². The molecule has 188 valence electrons. The quantitative estimate of drug-likeness (QED) is 0.309. The number of imidazole rings is 1. The lowest BCUT2D eigenvalue weighted by atomic mass is 10.0. The summed E-state index contributed by atoms with van der Waals surface area (Å²) in [6.07, 6.45) is -0.0120. The van der Waals surface area contributed by atoms with Gasteiger partial charge >= 0.3 is 11.9 Å². The average molecular weight is 483 g/mol. The number of anilines is 1. The molecule has 34 heavy (non-hydrogen) atoms. The molecule has 0 radical (unpaired) electrons. The molecular weight excluding hydrogens is 451 g/mol. The highest BCUT2D eigenvalue weighted by atomic mass is 19.1. The Morgan fingerprint density at radius 2 is 2.15 bits per heavy atom. The molecule has 5 atom stereocenters. The van der Waals surface area contributed by atoms with E-state index in [0.29, 0.717) is 12.8 Å². The third-order valence-corrected chi connectivity index (χ3v) is 5.88. The van der Waals surface area contributed by atoms with Gasteiger partial charge in [-0.15, -0.1) is 0 Å². The lowest BCUT2D eigenvalue weighted by Crippen LogP contribution is -2.38. The predicted octanol–water partition coefficient (Wildman–Crippen LogP) is 0.958. The van der Waals surface area contributed by atoms with Gasteiger partial charge in [0.25, 0.3) is 5.56 Å². The van der Waals surface area contributed by atoms with E-state index in [1.807, 2.05) is 13.8 Å². The molecular formula is C21H31FN6O6. The van der Waals surface area contributed by atoms with E-state index in [1.165, 1.54) is 10.9 Å². The van der Waals surface area contributed by atoms with Crippen LogP contribution >= 0.6 is 0 Å². The first-order valence-electron chi connectivity index (χ1n) is 11.3. The number of nitrogens with two attached hydrogens (primary N) is 2. The van der Waals surface area contributed by atoms with Crippen molar-refractivity contribution in [3.05, 3.63) is 16.7 Å². The number of halogens is 1. The van der Waals surface area contributed by atoms with Crippen LogP contribution in [0.5, 0.6) is 0 Å². The molecule has 0 aliphatic carbocycles. The second-order valence-corrected chi connectivity index (χ2v) is 8.38. The molecule has 1 aliphatic rings. The van der Waals surface area contributed by atoms with Gasteiger partial charge in [0.1, 0.15) is 31.2 Å². The lowest BCUT2D eigenvalue weighted by Gasteiger charge is -2.17. The number of nitrogens with zero attached hydrogens (tertiary/aromatic N) is 3. The Bertz CT molecular complexity index is 1060. The van der Waals surface area contributed by atoms with Crippen molar-refractivity contribution in [2.45, 2.75) is 70.5 Å². The molecule has 3 heterocycles. The Hall–Kier alpha value is -3.06. The van der Waals surface area contributed by atoms with Crippen molar-refractivity contribution < 1.29 is 28.2 Å². The van der Waals surface area contributed by atoms with E-state index >= 15 is 0 Å². The van der Waals surface area contributed by atoms with E-state index < -0.39 is 42.0 Å². The maximum atomic E-state index is 14.5. The summed E-state index contributed by atoms with van der Waals surface area (Å²) in [5.74, 6) is -1.01. The Morgan fingerprint density at radius 1 is 1.38 bits per heavy atom. The highest BCUT2D eigenvalue weighted by molar-refractivity contribution is 5.75. The van der Waals surface area contributed by atoms with Gasteiger partial charge in [-0.1, -0.05) is 20.3 Å². The number of carbonyl (C=O) groups excluding carboxylic acids is 2. The third-order valence-electron chi connectivity index (χ3n) is 5.88. The van der Waals surface area contributed by atoms with Gasteiger partial charge in [-0.05, 0) is 18.8 Å². The maximum absolute atomic E-state index is 14.5. The number of nitrogen functional groups attached to an aromatic ring is 1. The average Bonchev–Trinajstić information content (AvgIpc) is 3.39. The number of hydrogen-bond acceptors (Lipinski definition) is 10. The van der Waals surface area contributed by atoms with Gasteiger partial charge in [-0.3, -0.25) is 23.9 Å². The van der Waals surface area contributed by atoms with E-state index in [9.17, 15) is 18.8 Å². The van der Waals surface area contributed by atoms with Crippen molar-refractivity contribution in [3.63, 3.8) is 0 Å². The molecule has 2 aromatic heterocycles. The maximum Gasteiger partial charge on any atom is 0.323 e.